The molecule has 1 aromatic rings. The van der Waals surface area contributed by atoms with Crippen molar-refractivity contribution in [1.82, 2.24) is 0 Å². The van der Waals surface area contributed by atoms with Crippen LogP contribution >= 0.6 is 68.2 Å². The Morgan fingerprint density at radius 1 is 1.24 bits per heavy atom. The van der Waals surface area contributed by atoms with Crippen molar-refractivity contribution in [1.29, 1.82) is 0 Å². The summed E-state index contributed by atoms with van der Waals surface area (Å²) in [5, 5.41) is 3.21. The summed E-state index contributed by atoms with van der Waals surface area (Å²) in [6.07, 6.45) is 4.97. The maximum Gasteiger partial charge on any atom is 0.267 e. The van der Waals surface area contributed by atoms with Gasteiger partial charge in [-0.2, -0.15) is 0 Å². The van der Waals surface area contributed by atoms with Crippen LogP contribution in [0.25, 0.3) is 0 Å². The first-order chi connectivity index (χ1) is 13.7. The van der Waals surface area contributed by atoms with Crippen LogP contribution in [-0.4, -0.2) is 24.6 Å². The average Bonchev–Trinajstić information content (AvgIpc) is 3.39. The van der Waals surface area contributed by atoms with E-state index in [4.69, 9.17) is 12.2 Å². The normalized spacial score (nSPS) is 21.9. The van der Waals surface area contributed by atoms with Crippen molar-refractivity contribution < 1.29 is 4.79 Å². The van der Waals surface area contributed by atoms with E-state index in [1.54, 1.807) is 11.8 Å². The predicted octanol–water partition coefficient (Wildman–Crippen LogP) is 6.62. The molecular formula is C19H19NO2S6Si. The second-order valence-electron chi connectivity index (χ2n) is 7.64. The molecule has 29 heavy (non-hydrogen) atoms. The van der Waals surface area contributed by atoms with Gasteiger partial charge in [-0.25, -0.2) is 0 Å². The van der Waals surface area contributed by atoms with Gasteiger partial charge in [0.05, 0.1) is 22.9 Å². The average molecular weight is 514 g/mol. The van der Waals surface area contributed by atoms with E-state index in [1.807, 2.05) is 17.2 Å². The van der Waals surface area contributed by atoms with Gasteiger partial charge in [0, 0.05) is 12.1 Å². The molecule has 10 heteroatoms. The Kier molecular flexibility index (Phi) is 6.25. The van der Waals surface area contributed by atoms with E-state index in [0.29, 0.717) is 6.54 Å². The lowest BCUT2D eigenvalue weighted by Crippen LogP contribution is -2.32. The summed E-state index contributed by atoms with van der Waals surface area (Å²) >= 11 is 10.2. The Hall–Kier alpha value is -0.363. The van der Waals surface area contributed by atoms with Crippen LogP contribution in [0.4, 0.5) is 5.69 Å². The first-order valence-electron chi connectivity index (χ1n) is 9.09. The zero-order valence-electron chi connectivity index (χ0n) is 16.4. The van der Waals surface area contributed by atoms with E-state index in [1.165, 1.54) is 49.4 Å². The van der Waals surface area contributed by atoms with Gasteiger partial charge in [0.15, 0.2) is 5.78 Å². The summed E-state index contributed by atoms with van der Waals surface area (Å²) in [4.78, 5) is 28.5. The largest absolute Gasteiger partial charge is 0.333 e. The summed E-state index contributed by atoms with van der Waals surface area (Å²) in [5.74, 6) is 0.140. The molecule has 3 nitrogen and oxygen atoms in total. The van der Waals surface area contributed by atoms with Gasteiger partial charge in [0.25, 0.3) is 4.74 Å². The lowest BCUT2D eigenvalue weighted by atomic mass is 10.1. The number of carbonyl (C=O) groups is 1. The first-order valence-corrected chi connectivity index (χ1v) is 17.7. The minimum atomic E-state index is -1.56. The second-order valence-corrected chi connectivity index (χ2v) is 18.9. The number of fused-ring (bicyclic) bond motifs is 1. The summed E-state index contributed by atoms with van der Waals surface area (Å²) in [6.45, 7) is 9.54. The third kappa shape index (κ3) is 3.97. The molecule has 0 unspecified atom stereocenters. The number of hydrogen-bond acceptors (Lipinski definition) is 9. The fraction of sp³-hybridized carbons (Fsp3) is 0.316. The van der Waals surface area contributed by atoms with Crippen LogP contribution in [-0.2, 0) is 4.79 Å². The minimum Gasteiger partial charge on any atom is -0.333 e. The van der Waals surface area contributed by atoms with Gasteiger partial charge >= 0.3 is 0 Å². The van der Waals surface area contributed by atoms with Crippen LogP contribution in [0.2, 0.25) is 19.6 Å². The van der Waals surface area contributed by atoms with E-state index < -0.39 is 8.07 Å². The highest BCUT2D eigenvalue weighted by Crippen LogP contribution is 2.52. The zero-order valence-corrected chi connectivity index (χ0v) is 22.3. The van der Waals surface area contributed by atoms with Gasteiger partial charge in [-0.15, -0.1) is 0 Å². The van der Waals surface area contributed by atoms with Gasteiger partial charge in [0.1, 0.15) is 14.1 Å². The molecule has 0 aromatic carbocycles. The SMILES string of the molecule is CCN1/C(=C2/SC=C(C(=O)C3=C([Si](C)(C)C)C=CC3)S2)C(=S)Sc2ssc(=O)c21. The molecule has 0 radical (unpaired) electrons. The third-order valence-corrected chi connectivity index (χ3v) is 13.2. The van der Waals surface area contributed by atoms with Crippen LogP contribution < -0.4 is 9.64 Å². The summed E-state index contributed by atoms with van der Waals surface area (Å²) in [6, 6.07) is 0. The highest BCUT2D eigenvalue weighted by atomic mass is 32.9. The van der Waals surface area contributed by atoms with E-state index in [9.17, 15) is 9.59 Å². The summed E-state index contributed by atoms with van der Waals surface area (Å²) < 4.78 is 2.83. The summed E-state index contributed by atoms with van der Waals surface area (Å²) in [7, 11) is 1.19. The minimum absolute atomic E-state index is 0.0826. The standard InChI is InChI=1S/C19H19NO2S6Si/c1-5-20-13-16(22)27-28-19(13)26-17(23)14(20)18-24-9-11(25-18)15(21)10-7-6-8-12(10)29(2,3)4/h6,8-9H,5,7H2,1-4H3/b18-14-. The molecule has 0 saturated carbocycles. The molecule has 1 aliphatic carbocycles. The Morgan fingerprint density at radius 2 is 2.00 bits per heavy atom. The number of nitrogens with zero attached hydrogens (tertiary/aromatic N) is 1. The molecule has 0 saturated heterocycles. The predicted molar refractivity (Wildman–Crippen MR) is 139 cm³/mol. The number of carbonyl (C=O) groups excluding carboxylic acids is 1. The molecule has 0 bridgehead atoms. The van der Waals surface area contributed by atoms with Gasteiger partial charge < -0.3 is 4.90 Å². The number of Topliss-reactive ketones (excluding diaryl/α,β-unsaturated/α-hetero) is 1. The number of ketones is 1. The number of thioether (sulfide) groups is 3. The quantitative estimate of drug-likeness (QED) is 0.194. The van der Waals surface area contributed by atoms with Crippen LogP contribution in [0.1, 0.15) is 13.3 Å². The van der Waals surface area contributed by atoms with E-state index in [-0.39, 0.29) is 10.5 Å². The Labute approximate surface area is 196 Å². The van der Waals surface area contributed by atoms with Gasteiger partial charge in [-0.3, -0.25) is 9.59 Å². The molecule has 4 rings (SSSR count). The van der Waals surface area contributed by atoms with Gasteiger partial charge in [0.2, 0.25) is 0 Å². The highest BCUT2D eigenvalue weighted by molar-refractivity contribution is 8.29. The lowest BCUT2D eigenvalue weighted by Gasteiger charge is -2.30. The molecule has 0 spiro atoms. The van der Waals surface area contributed by atoms with Crippen molar-refractivity contribution >= 4 is 91.9 Å². The van der Waals surface area contributed by atoms with Crippen molar-refractivity contribution in [3.05, 3.63) is 52.7 Å². The van der Waals surface area contributed by atoms with E-state index in [0.717, 1.165) is 40.9 Å². The number of anilines is 1. The van der Waals surface area contributed by atoms with Crippen LogP contribution in [0.15, 0.2) is 52.2 Å². The van der Waals surface area contributed by atoms with E-state index >= 15 is 0 Å². The van der Waals surface area contributed by atoms with Crippen LogP contribution in [0, 0.1) is 0 Å². The number of rotatable bonds is 4. The topological polar surface area (TPSA) is 37.4 Å². The molecule has 0 atom stereocenters. The molecule has 0 amide bonds. The monoisotopic (exact) mass is 513 g/mol. The molecule has 2 aliphatic heterocycles. The molecule has 152 valence electrons. The fourth-order valence-corrected chi connectivity index (χ4v) is 11.9. The van der Waals surface area contributed by atoms with Gasteiger partial charge in [-0.05, 0) is 29.1 Å². The summed E-state index contributed by atoms with van der Waals surface area (Å²) in [5.41, 5.74) is 2.60. The maximum atomic E-state index is 13.3. The molecule has 1 aromatic heterocycles. The molecule has 3 heterocycles. The van der Waals surface area contributed by atoms with E-state index in [2.05, 4.69) is 31.8 Å². The number of thiocarbonyl (C=S) groups is 1. The second kappa shape index (κ2) is 8.29. The maximum absolute atomic E-state index is 13.3. The van der Waals surface area contributed by atoms with Crippen molar-refractivity contribution in [3.8, 4) is 0 Å². The smallest absolute Gasteiger partial charge is 0.267 e. The Bertz CT molecular complexity index is 1100. The van der Waals surface area contributed by atoms with Crippen molar-refractivity contribution in [3.63, 3.8) is 0 Å². The molecule has 3 aliphatic rings. The molecule has 0 fully saturated rings. The van der Waals surface area contributed by atoms with Gasteiger partial charge in [-0.1, -0.05) is 94.8 Å². The third-order valence-electron chi connectivity index (χ3n) is 4.72. The lowest BCUT2D eigenvalue weighted by molar-refractivity contribution is -0.111. The highest BCUT2D eigenvalue weighted by Gasteiger charge is 2.35. The Balaban J connectivity index is 1.66. The van der Waals surface area contributed by atoms with Crippen molar-refractivity contribution in [2.75, 3.05) is 11.4 Å². The van der Waals surface area contributed by atoms with Crippen LogP contribution in [0.5, 0.6) is 0 Å². The number of allylic oxidation sites excluding steroid dienone is 5. The first kappa shape index (κ1) is 21.9. The van der Waals surface area contributed by atoms with Crippen molar-refractivity contribution in [2.24, 2.45) is 0 Å². The fourth-order valence-electron chi connectivity index (χ4n) is 3.42. The van der Waals surface area contributed by atoms with Crippen molar-refractivity contribution in [2.45, 2.75) is 37.2 Å². The van der Waals surface area contributed by atoms with Crippen LogP contribution in [0.3, 0.4) is 0 Å². The Morgan fingerprint density at radius 3 is 2.69 bits per heavy atom. The molecule has 0 N–H and O–H groups in total. The molecular weight excluding hydrogens is 495 g/mol. The zero-order chi connectivity index (χ0) is 20.9. The number of hydrogen-bond donors (Lipinski definition) is 0.